The fourth-order valence-electron chi connectivity index (χ4n) is 3.54. The van der Waals surface area contributed by atoms with E-state index in [2.05, 4.69) is 91.9 Å². The van der Waals surface area contributed by atoms with Crippen molar-refractivity contribution in [2.24, 2.45) is 0 Å². The molecule has 0 radical (unpaired) electrons. The van der Waals surface area contributed by atoms with Crippen LogP contribution in [0.25, 0.3) is 21.5 Å². The molecule has 4 rings (SSSR count). The van der Waals surface area contributed by atoms with Crippen LogP contribution in [0.15, 0.2) is 84.9 Å². The first kappa shape index (κ1) is 16.1. The molecule has 0 saturated heterocycles. The van der Waals surface area contributed by atoms with Gasteiger partial charge >= 0.3 is 0 Å². The third kappa shape index (κ3) is 3.11. The molecule has 0 bridgehead atoms. The molecule has 0 aliphatic carbocycles. The quantitative estimate of drug-likeness (QED) is 0.493. The number of hydrogen-bond donors (Lipinski definition) is 0. The summed E-state index contributed by atoms with van der Waals surface area (Å²) in [6.45, 7) is 2.99. The number of hydrogen-bond acceptors (Lipinski definition) is 1. The minimum absolute atomic E-state index is 0.809. The molecule has 0 aliphatic heterocycles. The van der Waals surface area contributed by atoms with Crippen LogP contribution >= 0.6 is 0 Å². The second-order valence-electron chi connectivity index (χ2n) is 6.39. The Morgan fingerprint density at radius 3 is 1.64 bits per heavy atom. The summed E-state index contributed by atoms with van der Waals surface area (Å²) in [6.07, 6.45) is 1.04. The van der Waals surface area contributed by atoms with Crippen molar-refractivity contribution >= 4 is 41.0 Å². The van der Waals surface area contributed by atoms with Gasteiger partial charge in [-0.2, -0.15) is 0 Å². The molecule has 0 N–H and O–H groups in total. The minimum atomic E-state index is -1.77. The Kier molecular flexibility index (Phi) is 4.64. The van der Waals surface area contributed by atoms with Crippen molar-refractivity contribution in [3.8, 4) is 0 Å². The molecule has 0 saturated carbocycles. The van der Waals surface area contributed by atoms with Crippen molar-refractivity contribution in [1.82, 2.24) is 0 Å². The molecule has 4 aromatic carbocycles. The van der Waals surface area contributed by atoms with Gasteiger partial charge < -0.3 is 4.43 Å². The number of fused-ring (bicyclic) bond motifs is 2. The molecular weight excluding hydrogens is 320 g/mol. The Labute approximate surface area is 150 Å². The van der Waals surface area contributed by atoms with Crippen LogP contribution in [0.5, 0.6) is 0 Å². The third-order valence-electron chi connectivity index (χ3n) is 4.70. The highest BCUT2D eigenvalue weighted by molar-refractivity contribution is 6.83. The molecule has 0 spiro atoms. The molecule has 1 nitrogen and oxygen atoms in total. The van der Waals surface area contributed by atoms with Crippen LogP contribution in [0.1, 0.15) is 13.3 Å². The highest BCUT2D eigenvalue weighted by atomic mass is 28.3. The first-order chi connectivity index (χ1) is 12.4. The van der Waals surface area contributed by atoms with Gasteiger partial charge in [0.2, 0.25) is 9.04 Å². The second-order valence-corrected chi connectivity index (χ2v) is 8.73. The van der Waals surface area contributed by atoms with Gasteiger partial charge in [-0.15, -0.1) is 0 Å². The fourth-order valence-corrected chi connectivity index (χ4v) is 6.37. The molecular formula is C23H22OSi. The third-order valence-corrected chi connectivity index (χ3v) is 7.41. The molecule has 0 unspecified atom stereocenters. The normalized spacial score (nSPS) is 11.4. The van der Waals surface area contributed by atoms with Crippen LogP contribution in [-0.2, 0) is 4.43 Å². The van der Waals surface area contributed by atoms with Gasteiger partial charge in [0.15, 0.2) is 0 Å². The molecule has 25 heavy (non-hydrogen) atoms. The lowest BCUT2D eigenvalue weighted by molar-refractivity contribution is 0.333. The van der Waals surface area contributed by atoms with E-state index < -0.39 is 9.04 Å². The van der Waals surface area contributed by atoms with Gasteiger partial charge in [0.05, 0.1) is 0 Å². The zero-order valence-corrected chi connectivity index (χ0v) is 15.6. The maximum Gasteiger partial charge on any atom is 0.241 e. The van der Waals surface area contributed by atoms with E-state index in [1.807, 2.05) is 0 Å². The monoisotopic (exact) mass is 342 g/mol. The van der Waals surface area contributed by atoms with E-state index in [-0.39, 0.29) is 0 Å². The number of rotatable bonds is 5. The van der Waals surface area contributed by atoms with Gasteiger partial charge in [-0.25, -0.2) is 0 Å². The Balaban J connectivity index is 1.94. The van der Waals surface area contributed by atoms with E-state index >= 15 is 0 Å². The largest absolute Gasteiger partial charge is 0.411 e. The summed E-state index contributed by atoms with van der Waals surface area (Å²) in [6, 6.07) is 30.5. The smallest absolute Gasteiger partial charge is 0.241 e. The maximum atomic E-state index is 6.52. The summed E-state index contributed by atoms with van der Waals surface area (Å²) < 4.78 is 6.52. The summed E-state index contributed by atoms with van der Waals surface area (Å²) in [4.78, 5) is 0. The molecule has 0 aliphatic rings. The molecule has 0 heterocycles. The van der Waals surface area contributed by atoms with E-state index in [0.29, 0.717) is 0 Å². The molecule has 0 atom stereocenters. The highest BCUT2D eigenvalue weighted by Crippen LogP contribution is 2.16. The number of benzene rings is 4. The molecule has 124 valence electrons. The lowest BCUT2D eigenvalue weighted by atomic mass is 10.1. The Morgan fingerprint density at radius 1 is 0.640 bits per heavy atom. The zero-order valence-electron chi connectivity index (χ0n) is 14.5. The molecule has 4 aromatic rings. The first-order valence-corrected chi connectivity index (χ1v) is 10.6. The molecule has 0 aromatic heterocycles. The van der Waals surface area contributed by atoms with Crippen LogP contribution in [0.2, 0.25) is 0 Å². The molecule has 2 heteroatoms. The summed E-state index contributed by atoms with van der Waals surface area (Å²) in [7, 11) is -1.77. The first-order valence-electron chi connectivity index (χ1n) is 8.95. The van der Waals surface area contributed by atoms with E-state index in [9.17, 15) is 0 Å². The topological polar surface area (TPSA) is 9.23 Å². The lowest BCUT2D eigenvalue weighted by Crippen LogP contribution is -2.46. The summed E-state index contributed by atoms with van der Waals surface area (Å²) in [5.41, 5.74) is 0. The second kappa shape index (κ2) is 7.22. The van der Waals surface area contributed by atoms with Crippen LogP contribution < -0.4 is 10.4 Å². The van der Waals surface area contributed by atoms with Gasteiger partial charge in [0, 0.05) is 6.61 Å². The van der Waals surface area contributed by atoms with Gasteiger partial charge in [-0.1, -0.05) is 91.9 Å². The summed E-state index contributed by atoms with van der Waals surface area (Å²) >= 11 is 0. The van der Waals surface area contributed by atoms with Crippen LogP contribution in [0.4, 0.5) is 0 Å². The van der Waals surface area contributed by atoms with Crippen LogP contribution in [0.3, 0.4) is 0 Å². The van der Waals surface area contributed by atoms with Crippen LogP contribution in [-0.4, -0.2) is 15.6 Å². The average molecular weight is 343 g/mol. The van der Waals surface area contributed by atoms with E-state index in [1.165, 1.54) is 31.9 Å². The molecule has 0 amide bonds. The standard InChI is InChI=1S/C23H22OSi/c1-2-17-24-25(22-15-7-11-18-9-3-5-13-20(18)22)23-16-8-12-19-10-4-6-14-21(19)23/h3-16,25H,2,17H2,1H3. The van der Waals surface area contributed by atoms with E-state index in [4.69, 9.17) is 4.43 Å². The van der Waals surface area contributed by atoms with Crippen LogP contribution in [0, 0.1) is 0 Å². The Morgan fingerprint density at radius 2 is 1.12 bits per heavy atom. The highest BCUT2D eigenvalue weighted by Gasteiger charge is 2.21. The van der Waals surface area contributed by atoms with Crippen molar-refractivity contribution < 1.29 is 4.43 Å². The van der Waals surface area contributed by atoms with E-state index in [1.54, 1.807) is 0 Å². The maximum absolute atomic E-state index is 6.52. The summed E-state index contributed by atoms with van der Waals surface area (Å²) in [5, 5.41) is 7.98. The Hall–Kier alpha value is -2.42. The van der Waals surface area contributed by atoms with E-state index in [0.717, 1.165) is 13.0 Å². The summed E-state index contributed by atoms with van der Waals surface area (Å²) in [5.74, 6) is 0. The SMILES string of the molecule is CCCO[SiH](c1cccc2ccccc12)c1cccc2ccccc12. The van der Waals surface area contributed by atoms with Gasteiger partial charge in [0.25, 0.3) is 0 Å². The van der Waals surface area contributed by atoms with Crippen molar-refractivity contribution in [1.29, 1.82) is 0 Å². The van der Waals surface area contributed by atoms with Crippen molar-refractivity contribution in [3.63, 3.8) is 0 Å². The lowest BCUT2D eigenvalue weighted by Gasteiger charge is -2.20. The van der Waals surface area contributed by atoms with Gasteiger partial charge in [-0.05, 0) is 38.3 Å². The minimum Gasteiger partial charge on any atom is -0.411 e. The average Bonchev–Trinajstić information content (AvgIpc) is 2.68. The van der Waals surface area contributed by atoms with Gasteiger partial charge in [0.1, 0.15) is 0 Å². The van der Waals surface area contributed by atoms with Gasteiger partial charge in [-0.3, -0.25) is 0 Å². The molecule has 0 fully saturated rings. The van der Waals surface area contributed by atoms with Crippen molar-refractivity contribution in [2.75, 3.05) is 6.61 Å². The van der Waals surface area contributed by atoms with Crippen molar-refractivity contribution in [2.45, 2.75) is 13.3 Å². The van der Waals surface area contributed by atoms with Crippen molar-refractivity contribution in [3.05, 3.63) is 84.9 Å². The fraction of sp³-hybridized carbons (Fsp3) is 0.130. The Bertz CT molecular complexity index is 919. The predicted molar refractivity (Wildman–Crippen MR) is 111 cm³/mol. The zero-order chi connectivity index (χ0) is 17.1. The predicted octanol–water partition coefficient (Wildman–Crippen LogP) is 4.26.